The molecule has 0 aromatic carbocycles. The van der Waals surface area contributed by atoms with E-state index in [2.05, 4.69) is 93.7 Å². The van der Waals surface area contributed by atoms with Crippen molar-refractivity contribution in [3.05, 3.63) is 85.1 Å². The molecular formula is C54H90O6. The second-order valence-corrected chi connectivity index (χ2v) is 16.0. The number of carbonyl (C=O) groups is 3. The molecule has 0 heterocycles. The average molecular weight is 835 g/mol. The minimum atomic E-state index is -0.813. The Balaban J connectivity index is 4.26. The Hall–Kier alpha value is -3.41. The van der Waals surface area contributed by atoms with E-state index >= 15 is 0 Å². The summed E-state index contributed by atoms with van der Waals surface area (Å²) in [5.74, 6) is -1.01. The molecule has 0 rings (SSSR count). The van der Waals surface area contributed by atoms with E-state index in [0.29, 0.717) is 19.3 Å². The van der Waals surface area contributed by atoms with E-state index < -0.39 is 12.1 Å². The maximum atomic E-state index is 12.7. The Labute approximate surface area is 369 Å². The van der Waals surface area contributed by atoms with Gasteiger partial charge in [-0.15, -0.1) is 0 Å². The van der Waals surface area contributed by atoms with Gasteiger partial charge < -0.3 is 14.2 Å². The molecule has 0 aromatic heterocycles. The van der Waals surface area contributed by atoms with Crippen molar-refractivity contribution < 1.29 is 28.6 Å². The zero-order chi connectivity index (χ0) is 43.7. The molecule has 0 fully saturated rings. The van der Waals surface area contributed by atoms with Gasteiger partial charge in [-0.2, -0.15) is 0 Å². The maximum absolute atomic E-state index is 12.7. The van der Waals surface area contributed by atoms with Gasteiger partial charge in [0, 0.05) is 19.3 Å². The predicted molar refractivity (Wildman–Crippen MR) is 256 cm³/mol. The minimum absolute atomic E-state index is 0.108. The number of rotatable bonds is 43. The van der Waals surface area contributed by atoms with Gasteiger partial charge in [-0.3, -0.25) is 14.4 Å². The van der Waals surface area contributed by atoms with Gasteiger partial charge in [0.1, 0.15) is 13.2 Å². The van der Waals surface area contributed by atoms with E-state index in [-0.39, 0.29) is 31.6 Å². The lowest BCUT2D eigenvalue weighted by Crippen LogP contribution is -2.30. The molecule has 0 N–H and O–H groups in total. The number of ether oxygens (including phenoxy) is 3. The van der Waals surface area contributed by atoms with Crippen molar-refractivity contribution in [1.29, 1.82) is 0 Å². The first-order chi connectivity index (χ1) is 29.5. The van der Waals surface area contributed by atoms with Crippen molar-refractivity contribution in [1.82, 2.24) is 0 Å². The number of allylic oxidation sites excluding steroid dienone is 14. The molecule has 6 heteroatoms. The monoisotopic (exact) mass is 835 g/mol. The average Bonchev–Trinajstić information content (AvgIpc) is 3.24. The highest BCUT2D eigenvalue weighted by Gasteiger charge is 2.19. The molecule has 0 radical (unpaired) electrons. The minimum Gasteiger partial charge on any atom is -0.462 e. The molecule has 0 aliphatic heterocycles. The second-order valence-electron chi connectivity index (χ2n) is 16.0. The summed E-state index contributed by atoms with van der Waals surface area (Å²) in [4.78, 5) is 37.6. The van der Waals surface area contributed by atoms with E-state index in [9.17, 15) is 14.4 Å². The smallest absolute Gasteiger partial charge is 0.306 e. The lowest BCUT2D eigenvalue weighted by Gasteiger charge is -2.18. The van der Waals surface area contributed by atoms with Crippen molar-refractivity contribution >= 4 is 17.9 Å². The zero-order valence-corrected chi connectivity index (χ0v) is 38.9. The van der Waals surface area contributed by atoms with Gasteiger partial charge in [-0.25, -0.2) is 0 Å². The van der Waals surface area contributed by atoms with E-state index in [4.69, 9.17) is 14.2 Å². The zero-order valence-electron chi connectivity index (χ0n) is 38.9. The number of carbonyl (C=O) groups excluding carboxylic acids is 3. The number of esters is 3. The normalized spacial score (nSPS) is 12.8. The molecule has 1 unspecified atom stereocenters. The summed E-state index contributed by atoms with van der Waals surface area (Å²) < 4.78 is 16.6. The van der Waals surface area contributed by atoms with Crippen LogP contribution < -0.4 is 0 Å². The van der Waals surface area contributed by atoms with Crippen molar-refractivity contribution in [2.24, 2.45) is 0 Å². The maximum Gasteiger partial charge on any atom is 0.306 e. The van der Waals surface area contributed by atoms with Gasteiger partial charge in [0.15, 0.2) is 6.10 Å². The summed E-state index contributed by atoms with van der Waals surface area (Å²) in [6, 6.07) is 0. The van der Waals surface area contributed by atoms with Gasteiger partial charge in [0.25, 0.3) is 0 Å². The topological polar surface area (TPSA) is 78.9 Å². The molecule has 6 nitrogen and oxygen atoms in total. The first-order valence-electron chi connectivity index (χ1n) is 24.6. The highest BCUT2D eigenvalue weighted by molar-refractivity contribution is 5.71. The van der Waals surface area contributed by atoms with Gasteiger partial charge in [-0.1, -0.05) is 202 Å². The van der Waals surface area contributed by atoms with E-state index in [1.54, 1.807) is 0 Å². The van der Waals surface area contributed by atoms with Crippen LogP contribution >= 0.6 is 0 Å². The first-order valence-corrected chi connectivity index (χ1v) is 24.6. The van der Waals surface area contributed by atoms with Crippen LogP contribution in [0, 0.1) is 0 Å². The third-order valence-electron chi connectivity index (χ3n) is 10.1. The molecule has 1 atom stereocenters. The van der Waals surface area contributed by atoms with Crippen LogP contribution in [0.25, 0.3) is 0 Å². The molecule has 0 aliphatic rings. The Morgan fingerprint density at radius 3 is 1.08 bits per heavy atom. The van der Waals surface area contributed by atoms with Crippen LogP contribution in [0.5, 0.6) is 0 Å². The Morgan fingerprint density at radius 1 is 0.350 bits per heavy atom. The van der Waals surface area contributed by atoms with Gasteiger partial charge in [0.05, 0.1) is 0 Å². The molecule has 0 aliphatic carbocycles. The molecule has 0 spiro atoms. The largest absolute Gasteiger partial charge is 0.462 e. The third kappa shape index (κ3) is 45.7. The van der Waals surface area contributed by atoms with E-state index in [1.165, 1.54) is 89.9 Å². The summed E-state index contributed by atoms with van der Waals surface area (Å²) in [7, 11) is 0. The summed E-state index contributed by atoms with van der Waals surface area (Å²) >= 11 is 0. The fraction of sp³-hybridized carbons (Fsp3) is 0.685. The predicted octanol–water partition coefficient (Wildman–Crippen LogP) is 16.0. The standard InChI is InChI=1S/C54H90O6/c1-4-7-10-13-16-18-20-22-23-24-25-26-27-28-29-30-31-33-34-36-38-41-44-47-53(56)59-50-51(49-58-52(55)46-43-40-15-12-9-6-3)60-54(57)48-45-42-39-37-35-32-21-19-17-14-11-8-5-2/h8,11,17,19-20,22,24-25,27-28,32,35,39,42,51H,4-7,9-10,12-16,18,21,23,26,29-31,33-34,36-38,40-41,43-50H2,1-3H3/b11-8-,19-17-,22-20-,25-24-,28-27-,35-32-,42-39-. The van der Waals surface area contributed by atoms with Crippen LogP contribution in [0.1, 0.15) is 220 Å². The van der Waals surface area contributed by atoms with Crippen LogP contribution in [-0.2, 0) is 28.6 Å². The lowest BCUT2D eigenvalue weighted by molar-refractivity contribution is -0.166. The molecule has 342 valence electrons. The van der Waals surface area contributed by atoms with Crippen LogP contribution in [-0.4, -0.2) is 37.2 Å². The Kier molecular flexibility index (Phi) is 45.5. The highest BCUT2D eigenvalue weighted by Crippen LogP contribution is 2.13. The summed E-state index contributed by atoms with van der Waals surface area (Å²) in [5.41, 5.74) is 0. The summed E-state index contributed by atoms with van der Waals surface area (Å²) in [6.07, 6.45) is 61.8. The fourth-order valence-electron chi connectivity index (χ4n) is 6.46. The highest BCUT2D eigenvalue weighted by atomic mass is 16.6. The van der Waals surface area contributed by atoms with Crippen LogP contribution in [0.4, 0.5) is 0 Å². The van der Waals surface area contributed by atoms with Crippen LogP contribution in [0.3, 0.4) is 0 Å². The van der Waals surface area contributed by atoms with Crippen LogP contribution in [0.15, 0.2) is 85.1 Å². The number of unbranched alkanes of at least 4 members (excludes halogenated alkanes) is 18. The van der Waals surface area contributed by atoms with Crippen molar-refractivity contribution in [3.63, 3.8) is 0 Å². The van der Waals surface area contributed by atoms with Crippen molar-refractivity contribution in [3.8, 4) is 0 Å². The summed E-state index contributed by atoms with van der Waals surface area (Å²) in [6.45, 7) is 6.36. The van der Waals surface area contributed by atoms with E-state index in [0.717, 1.165) is 83.5 Å². The Morgan fingerprint density at radius 2 is 0.683 bits per heavy atom. The third-order valence-corrected chi connectivity index (χ3v) is 10.1. The first kappa shape index (κ1) is 56.6. The molecule has 0 aromatic rings. The molecule has 0 amide bonds. The van der Waals surface area contributed by atoms with Crippen molar-refractivity contribution in [2.45, 2.75) is 226 Å². The molecular weight excluding hydrogens is 745 g/mol. The number of hydrogen-bond donors (Lipinski definition) is 0. The van der Waals surface area contributed by atoms with Crippen molar-refractivity contribution in [2.75, 3.05) is 13.2 Å². The van der Waals surface area contributed by atoms with Gasteiger partial charge >= 0.3 is 17.9 Å². The van der Waals surface area contributed by atoms with Gasteiger partial charge in [-0.05, 0) is 83.5 Å². The quantitative estimate of drug-likeness (QED) is 0.0263. The fourth-order valence-corrected chi connectivity index (χ4v) is 6.46. The van der Waals surface area contributed by atoms with Gasteiger partial charge in [0.2, 0.25) is 0 Å². The molecule has 0 saturated heterocycles. The lowest BCUT2D eigenvalue weighted by atomic mass is 10.1. The second kappa shape index (κ2) is 48.3. The van der Waals surface area contributed by atoms with Crippen LogP contribution in [0.2, 0.25) is 0 Å². The SMILES string of the molecule is CC/C=C\C/C=C\C/C=C\C/C=C\CCC(=O)OC(COC(=O)CCCCCCCC)COC(=O)CCCCCCCCCC/C=C\C/C=C\C/C=C\CCCCCCC. The Bertz CT molecular complexity index is 1190. The number of hydrogen-bond acceptors (Lipinski definition) is 6. The summed E-state index contributed by atoms with van der Waals surface area (Å²) in [5, 5.41) is 0. The molecule has 0 bridgehead atoms. The molecule has 60 heavy (non-hydrogen) atoms. The van der Waals surface area contributed by atoms with E-state index in [1.807, 2.05) is 12.2 Å². The molecule has 0 saturated carbocycles.